The Hall–Kier alpha value is -1.75. The van der Waals surface area contributed by atoms with E-state index in [0.29, 0.717) is 18.0 Å². The fourth-order valence-electron chi connectivity index (χ4n) is 1.79. The first-order valence-corrected chi connectivity index (χ1v) is 6.40. The van der Waals surface area contributed by atoms with Crippen LogP contribution in [0.2, 0.25) is 0 Å². The van der Waals surface area contributed by atoms with E-state index in [-0.39, 0.29) is 12.3 Å². The molecule has 0 unspecified atom stereocenters. The average Bonchev–Trinajstić information content (AvgIpc) is 2.43. The van der Waals surface area contributed by atoms with E-state index in [1.165, 1.54) is 0 Å². The van der Waals surface area contributed by atoms with Gasteiger partial charge >= 0.3 is 0 Å². The lowest BCUT2D eigenvalue weighted by atomic mass is 10.1. The van der Waals surface area contributed by atoms with Gasteiger partial charge in [-0.15, -0.1) is 0 Å². The number of nitrogens with one attached hydrogen (secondary N) is 2. The maximum absolute atomic E-state index is 11.9. The van der Waals surface area contributed by atoms with Gasteiger partial charge in [0, 0.05) is 18.7 Å². The highest BCUT2D eigenvalue weighted by Crippen LogP contribution is 2.28. The first-order valence-electron chi connectivity index (χ1n) is 6.40. The summed E-state index contributed by atoms with van der Waals surface area (Å²) in [7, 11) is 3.17. The van der Waals surface area contributed by atoms with Crippen LogP contribution in [0.5, 0.6) is 11.5 Å². The third-order valence-corrected chi connectivity index (χ3v) is 2.74. The standard InChI is InChI=1S/C14H22N2O3/c1-4-15-8-9-16-14(17)10-11-12(18-2)6-5-7-13(11)19-3/h5-7,15H,4,8-10H2,1-3H3,(H,16,17). The number of rotatable bonds is 8. The summed E-state index contributed by atoms with van der Waals surface area (Å²) in [5, 5.41) is 6.00. The molecule has 1 rings (SSSR count). The van der Waals surface area contributed by atoms with Crippen molar-refractivity contribution in [2.75, 3.05) is 33.9 Å². The third kappa shape index (κ3) is 4.79. The summed E-state index contributed by atoms with van der Waals surface area (Å²) in [5.41, 5.74) is 0.772. The van der Waals surface area contributed by atoms with Crippen LogP contribution in [0.25, 0.3) is 0 Å². The molecule has 0 saturated carbocycles. The van der Waals surface area contributed by atoms with Crippen LogP contribution in [0.4, 0.5) is 0 Å². The van der Waals surface area contributed by atoms with Crippen LogP contribution in [0.3, 0.4) is 0 Å². The predicted molar refractivity (Wildman–Crippen MR) is 74.8 cm³/mol. The second kappa shape index (κ2) is 8.37. The fourth-order valence-corrected chi connectivity index (χ4v) is 1.79. The van der Waals surface area contributed by atoms with Gasteiger partial charge < -0.3 is 20.1 Å². The van der Waals surface area contributed by atoms with Crippen molar-refractivity contribution in [3.8, 4) is 11.5 Å². The van der Waals surface area contributed by atoms with Crippen LogP contribution < -0.4 is 20.1 Å². The third-order valence-electron chi connectivity index (χ3n) is 2.74. The minimum absolute atomic E-state index is 0.0410. The molecular weight excluding hydrogens is 244 g/mol. The Morgan fingerprint density at radius 3 is 2.32 bits per heavy atom. The van der Waals surface area contributed by atoms with Gasteiger partial charge in [-0.3, -0.25) is 4.79 Å². The second-order valence-electron chi connectivity index (χ2n) is 4.02. The van der Waals surface area contributed by atoms with Crippen molar-refractivity contribution in [2.45, 2.75) is 13.3 Å². The smallest absolute Gasteiger partial charge is 0.224 e. The number of hydrogen-bond acceptors (Lipinski definition) is 4. The van der Waals surface area contributed by atoms with Crippen molar-refractivity contribution in [3.63, 3.8) is 0 Å². The molecule has 0 aliphatic carbocycles. The summed E-state index contributed by atoms with van der Waals surface area (Å²) in [6.45, 7) is 4.31. The van der Waals surface area contributed by atoms with Crippen LogP contribution in [0, 0.1) is 0 Å². The number of hydrogen-bond donors (Lipinski definition) is 2. The van der Waals surface area contributed by atoms with E-state index in [0.717, 1.165) is 18.7 Å². The Balaban J connectivity index is 2.62. The summed E-state index contributed by atoms with van der Waals surface area (Å²) in [6.07, 6.45) is 0.249. The molecule has 0 aliphatic heterocycles. The molecule has 0 radical (unpaired) electrons. The number of carbonyl (C=O) groups is 1. The van der Waals surface area contributed by atoms with Gasteiger partial charge in [0.1, 0.15) is 11.5 Å². The van der Waals surface area contributed by atoms with Crippen LogP contribution >= 0.6 is 0 Å². The van der Waals surface area contributed by atoms with Gasteiger partial charge in [-0.25, -0.2) is 0 Å². The maximum atomic E-state index is 11.9. The molecule has 0 bridgehead atoms. The average molecular weight is 266 g/mol. The van der Waals surface area contributed by atoms with Gasteiger partial charge in [0.05, 0.1) is 20.6 Å². The first kappa shape index (κ1) is 15.3. The van der Waals surface area contributed by atoms with Crippen molar-refractivity contribution in [1.82, 2.24) is 10.6 Å². The van der Waals surface area contributed by atoms with Gasteiger partial charge in [0.2, 0.25) is 5.91 Å². The summed E-state index contributed by atoms with van der Waals surface area (Å²) < 4.78 is 10.5. The molecule has 5 nitrogen and oxygen atoms in total. The summed E-state index contributed by atoms with van der Waals surface area (Å²) in [5.74, 6) is 1.29. The molecule has 1 aromatic rings. The number of carbonyl (C=O) groups excluding carboxylic acids is 1. The summed E-state index contributed by atoms with van der Waals surface area (Å²) in [4.78, 5) is 11.9. The van der Waals surface area contributed by atoms with E-state index in [1.807, 2.05) is 25.1 Å². The minimum Gasteiger partial charge on any atom is -0.496 e. The highest BCUT2D eigenvalue weighted by molar-refractivity contribution is 5.80. The highest BCUT2D eigenvalue weighted by atomic mass is 16.5. The topological polar surface area (TPSA) is 59.6 Å². The number of benzene rings is 1. The molecule has 1 aromatic carbocycles. The zero-order valence-electron chi connectivity index (χ0n) is 11.8. The Bertz CT molecular complexity index is 385. The largest absolute Gasteiger partial charge is 0.496 e. The van der Waals surface area contributed by atoms with E-state index in [2.05, 4.69) is 10.6 Å². The van der Waals surface area contributed by atoms with Crippen LogP contribution in [-0.4, -0.2) is 39.8 Å². The van der Waals surface area contributed by atoms with Crippen LogP contribution in [0.15, 0.2) is 18.2 Å². The monoisotopic (exact) mass is 266 g/mol. The molecule has 0 saturated heterocycles. The lowest BCUT2D eigenvalue weighted by Crippen LogP contribution is -2.32. The van der Waals surface area contributed by atoms with Crippen LogP contribution in [0.1, 0.15) is 12.5 Å². The van der Waals surface area contributed by atoms with Crippen molar-refractivity contribution < 1.29 is 14.3 Å². The van der Waals surface area contributed by atoms with Crippen LogP contribution in [-0.2, 0) is 11.2 Å². The Morgan fingerprint density at radius 2 is 1.79 bits per heavy atom. The Kier molecular flexibility index (Phi) is 6.74. The predicted octanol–water partition coefficient (Wildman–Crippen LogP) is 0.972. The molecule has 0 fully saturated rings. The molecule has 19 heavy (non-hydrogen) atoms. The van der Waals surface area contributed by atoms with Gasteiger partial charge in [0.15, 0.2) is 0 Å². The van der Waals surface area contributed by atoms with Gasteiger partial charge in [-0.05, 0) is 18.7 Å². The van der Waals surface area contributed by atoms with Crippen molar-refractivity contribution >= 4 is 5.91 Å². The number of ether oxygens (including phenoxy) is 2. The molecule has 0 atom stereocenters. The zero-order chi connectivity index (χ0) is 14.1. The minimum atomic E-state index is -0.0410. The quantitative estimate of drug-likeness (QED) is 0.688. The molecule has 0 aliphatic rings. The molecule has 0 heterocycles. The van der Waals surface area contributed by atoms with Crippen molar-refractivity contribution in [3.05, 3.63) is 23.8 Å². The lowest BCUT2D eigenvalue weighted by Gasteiger charge is -2.13. The fraction of sp³-hybridized carbons (Fsp3) is 0.500. The second-order valence-corrected chi connectivity index (χ2v) is 4.02. The number of methoxy groups -OCH3 is 2. The lowest BCUT2D eigenvalue weighted by molar-refractivity contribution is -0.120. The van der Waals surface area contributed by atoms with E-state index in [1.54, 1.807) is 14.2 Å². The molecular formula is C14H22N2O3. The normalized spacial score (nSPS) is 10.1. The Labute approximate surface area is 114 Å². The van der Waals surface area contributed by atoms with E-state index < -0.39 is 0 Å². The van der Waals surface area contributed by atoms with E-state index in [4.69, 9.17) is 9.47 Å². The highest BCUT2D eigenvalue weighted by Gasteiger charge is 2.13. The molecule has 106 valence electrons. The van der Waals surface area contributed by atoms with Gasteiger partial charge in [0.25, 0.3) is 0 Å². The summed E-state index contributed by atoms with van der Waals surface area (Å²) >= 11 is 0. The SMILES string of the molecule is CCNCCNC(=O)Cc1c(OC)cccc1OC. The number of likely N-dealkylation sites (N-methyl/N-ethyl adjacent to an activating group) is 1. The van der Waals surface area contributed by atoms with Crippen molar-refractivity contribution in [2.24, 2.45) is 0 Å². The first-order chi connectivity index (χ1) is 9.22. The van der Waals surface area contributed by atoms with Gasteiger partial charge in [-0.1, -0.05) is 13.0 Å². The molecule has 0 spiro atoms. The zero-order valence-corrected chi connectivity index (χ0v) is 11.8. The molecule has 2 N–H and O–H groups in total. The van der Waals surface area contributed by atoms with E-state index >= 15 is 0 Å². The molecule has 1 amide bonds. The molecule has 0 aromatic heterocycles. The molecule has 5 heteroatoms. The van der Waals surface area contributed by atoms with Crippen molar-refractivity contribution in [1.29, 1.82) is 0 Å². The van der Waals surface area contributed by atoms with E-state index in [9.17, 15) is 4.79 Å². The van der Waals surface area contributed by atoms with Gasteiger partial charge in [-0.2, -0.15) is 0 Å². The Morgan fingerprint density at radius 1 is 1.16 bits per heavy atom. The summed E-state index contributed by atoms with van der Waals surface area (Å²) in [6, 6.07) is 5.48. The maximum Gasteiger partial charge on any atom is 0.224 e. The number of amides is 1.